The molecule has 0 saturated heterocycles. The van der Waals surface area contributed by atoms with Crippen LogP contribution in [0.15, 0.2) is 53.0 Å². The van der Waals surface area contributed by atoms with Gasteiger partial charge in [0.05, 0.1) is 12.7 Å². The molecule has 2 nitrogen and oxygen atoms in total. The third-order valence-electron chi connectivity index (χ3n) is 3.13. The third-order valence-corrected chi connectivity index (χ3v) is 3.63. The number of hydrogen-bond acceptors (Lipinski definition) is 2. The zero-order valence-corrected chi connectivity index (χ0v) is 13.1. The van der Waals surface area contributed by atoms with Crippen LogP contribution in [0.1, 0.15) is 30.6 Å². The van der Waals surface area contributed by atoms with Crippen molar-refractivity contribution in [3.63, 3.8) is 0 Å². The van der Waals surface area contributed by atoms with Gasteiger partial charge in [-0.1, -0.05) is 46.3 Å². The Morgan fingerprint density at radius 2 is 1.90 bits per heavy atom. The number of ether oxygens (including phenoxy) is 1. The monoisotopic (exact) mass is 334 g/mol. The standard InChI is InChI=1S/C17H19BrO2/c1-13(19)16-12-15(18)9-10-17(16)20-11-5-8-14-6-3-2-4-7-14/h2-4,6-7,9-10,12-13,19H,5,8,11H2,1H3/t13-/m0/s1. The highest BCUT2D eigenvalue weighted by atomic mass is 79.9. The van der Waals surface area contributed by atoms with Crippen molar-refractivity contribution < 1.29 is 9.84 Å². The molecule has 1 atom stereocenters. The lowest BCUT2D eigenvalue weighted by atomic mass is 10.1. The molecule has 0 heterocycles. The fourth-order valence-electron chi connectivity index (χ4n) is 2.08. The van der Waals surface area contributed by atoms with E-state index in [1.54, 1.807) is 6.92 Å². The van der Waals surface area contributed by atoms with Crippen molar-refractivity contribution in [1.82, 2.24) is 0 Å². The van der Waals surface area contributed by atoms with Gasteiger partial charge in [0.2, 0.25) is 0 Å². The largest absolute Gasteiger partial charge is 0.493 e. The Balaban J connectivity index is 1.88. The number of aryl methyl sites for hydroxylation is 1. The Bertz CT molecular complexity index is 538. The molecular weight excluding hydrogens is 316 g/mol. The maximum atomic E-state index is 9.76. The van der Waals surface area contributed by atoms with Gasteiger partial charge in [-0.05, 0) is 43.5 Å². The second-order valence-electron chi connectivity index (χ2n) is 4.80. The van der Waals surface area contributed by atoms with Crippen LogP contribution in [0.2, 0.25) is 0 Å². The summed E-state index contributed by atoms with van der Waals surface area (Å²) in [6, 6.07) is 16.1. The van der Waals surface area contributed by atoms with Crippen LogP contribution in [-0.2, 0) is 6.42 Å². The zero-order valence-electron chi connectivity index (χ0n) is 11.6. The Morgan fingerprint density at radius 3 is 2.60 bits per heavy atom. The smallest absolute Gasteiger partial charge is 0.125 e. The van der Waals surface area contributed by atoms with E-state index in [2.05, 4.69) is 40.2 Å². The molecule has 0 radical (unpaired) electrons. The van der Waals surface area contributed by atoms with Gasteiger partial charge in [-0.15, -0.1) is 0 Å². The number of aliphatic hydroxyl groups excluding tert-OH is 1. The van der Waals surface area contributed by atoms with Crippen molar-refractivity contribution >= 4 is 15.9 Å². The van der Waals surface area contributed by atoms with E-state index in [0.717, 1.165) is 28.6 Å². The number of aliphatic hydroxyl groups is 1. The number of halogens is 1. The molecule has 0 spiro atoms. The van der Waals surface area contributed by atoms with Crippen LogP contribution in [0.5, 0.6) is 5.75 Å². The topological polar surface area (TPSA) is 29.5 Å². The molecule has 106 valence electrons. The summed E-state index contributed by atoms with van der Waals surface area (Å²) in [5.41, 5.74) is 2.14. The molecule has 20 heavy (non-hydrogen) atoms. The van der Waals surface area contributed by atoms with Crippen LogP contribution in [0, 0.1) is 0 Å². The normalized spacial score (nSPS) is 12.2. The average molecular weight is 335 g/mol. The van der Waals surface area contributed by atoms with Crippen LogP contribution >= 0.6 is 15.9 Å². The van der Waals surface area contributed by atoms with Crippen molar-refractivity contribution in [2.24, 2.45) is 0 Å². The van der Waals surface area contributed by atoms with E-state index < -0.39 is 6.10 Å². The highest BCUT2D eigenvalue weighted by molar-refractivity contribution is 9.10. The van der Waals surface area contributed by atoms with E-state index >= 15 is 0 Å². The van der Waals surface area contributed by atoms with Crippen LogP contribution in [0.3, 0.4) is 0 Å². The predicted octanol–water partition coefficient (Wildman–Crippen LogP) is 4.51. The van der Waals surface area contributed by atoms with Gasteiger partial charge in [-0.25, -0.2) is 0 Å². The Hall–Kier alpha value is -1.32. The summed E-state index contributed by atoms with van der Waals surface area (Å²) in [7, 11) is 0. The third kappa shape index (κ3) is 4.36. The van der Waals surface area contributed by atoms with E-state index in [4.69, 9.17) is 4.74 Å². The van der Waals surface area contributed by atoms with E-state index in [9.17, 15) is 5.11 Å². The SMILES string of the molecule is C[C@H](O)c1cc(Br)ccc1OCCCc1ccccc1. The molecule has 0 saturated carbocycles. The summed E-state index contributed by atoms with van der Waals surface area (Å²) in [6.45, 7) is 2.40. The summed E-state index contributed by atoms with van der Waals surface area (Å²) in [6.07, 6.45) is 1.43. The van der Waals surface area contributed by atoms with Crippen LogP contribution in [0.4, 0.5) is 0 Å². The van der Waals surface area contributed by atoms with Gasteiger partial charge < -0.3 is 9.84 Å². The van der Waals surface area contributed by atoms with Crippen LogP contribution in [-0.4, -0.2) is 11.7 Å². The van der Waals surface area contributed by atoms with Gasteiger partial charge in [-0.2, -0.15) is 0 Å². The molecule has 0 unspecified atom stereocenters. The van der Waals surface area contributed by atoms with Crippen LogP contribution < -0.4 is 4.74 Å². The lowest BCUT2D eigenvalue weighted by Crippen LogP contribution is -2.03. The molecule has 2 aromatic carbocycles. The van der Waals surface area contributed by atoms with Crippen molar-refractivity contribution in [3.05, 3.63) is 64.1 Å². The number of rotatable bonds is 6. The lowest BCUT2D eigenvalue weighted by molar-refractivity contribution is 0.191. The van der Waals surface area contributed by atoms with Crippen LogP contribution in [0.25, 0.3) is 0 Å². The zero-order chi connectivity index (χ0) is 14.4. The van der Waals surface area contributed by atoms with E-state index in [1.807, 2.05) is 24.3 Å². The van der Waals surface area contributed by atoms with Crippen molar-refractivity contribution in [1.29, 1.82) is 0 Å². The summed E-state index contributed by atoms with van der Waals surface area (Å²) >= 11 is 3.41. The highest BCUT2D eigenvalue weighted by Gasteiger charge is 2.09. The first-order valence-corrected chi connectivity index (χ1v) is 7.60. The maximum Gasteiger partial charge on any atom is 0.125 e. The minimum absolute atomic E-state index is 0.531. The fourth-order valence-corrected chi connectivity index (χ4v) is 2.46. The first-order chi connectivity index (χ1) is 9.66. The predicted molar refractivity (Wildman–Crippen MR) is 85.0 cm³/mol. The Kier molecular flexibility index (Phi) is 5.62. The molecule has 0 fully saturated rings. The van der Waals surface area contributed by atoms with Crippen molar-refractivity contribution in [2.45, 2.75) is 25.9 Å². The molecule has 1 N–H and O–H groups in total. The Labute approximate surface area is 128 Å². The molecular formula is C17H19BrO2. The molecule has 2 rings (SSSR count). The molecule has 0 aliphatic rings. The highest BCUT2D eigenvalue weighted by Crippen LogP contribution is 2.28. The summed E-state index contributed by atoms with van der Waals surface area (Å²) in [4.78, 5) is 0. The number of benzene rings is 2. The van der Waals surface area contributed by atoms with Gasteiger partial charge in [0.25, 0.3) is 0 Å². The maximum absolute atomic E-state index is 9.76. The molecule has 2 aromatic rings. The summed E-state index contributed by atoms with van der Waals surface area (Å²) < 4.78 is 6.74. The fraction of sp³-hybridized carbons (Fsp3) is 0.294. The first kappa shape index (κ1) is 15.1. The summed E-state index contributed by atoms with van der Waals surface area (Å²) in [5.74, 6) is 0.760. The van der Waals surface area contributed by atoms with Gasteiger partial charge in [0.1, 0.15) is 5.75 Å². The van der Waals surface area contributed by atoms with E-state index in [1.165, 1.54) is 5.56 Å². The second-order valence-corrected chi connectivity index (χ2v) is 5.71. The van der Waals surface area contributed by atoms with Crippen molar-refractivity contribution in [2.75, 3.05) is 6.61 Å². The molecule has 0 aliphatic heterocycles. The minimum atomic E-state index is -0.531. The van der Waals surface area contributed by atoms with E-state index in [0.29, 0.717) is 6.61 Å². The first-order valence-electron chi connectivity index (χ1n) is 6.81. The average Bonchev–Trinajstić information content (AvgIpc) is 2.45. The van der Waals surface area contributed by atoms with E-state index in [-0.39, 0.29) is 0 Å². The molecule has 0 aliphatic carbocycles. The van der Waals surface area contributed by atoms with Gasteiger partial charge in [0.15, 0.2) is 0 Å². The molecule has 0 bridgehead atoms. The van der Waals surface area contributed by atoms with Gasteiger partial charge >= 0.3 is 0 Å². The lowest BCUT2D eigenvalue weighted by Gasteiger charge is -2.14. The second kappa shape index (κ2) is 7.46. The van der Waals surface area contributed by atoms with Gasteiger partial charge in [0, 0.05) is 10.0 Å². The summed E-state index contributed by atoms with van der Waals surface area (Å²) in [5, 5.41) is 9.76. The Morgan fingerprint density at radius 1 is 1.15 bits per heavy atom. The minimum Gasteiger partial charge on any atom is -0.493 e. The molecule has 0 aromatic heterocycles. The quantitative estimate of drug-likeness (QED) is 0.787. The van der Waals surface area contributed by atoms with Crippen molar-refractivity contribution in [3.8, 4) is 5.75 Å². The molecule has 3 heteroatoms. The molecule has 0 amide bonds. The number of hydrogen-bond donors (Lipinski definition) is 1. The van der Waals surface area contributed by atoms with Gasteiger partial charge in [-0.3, -0.25) is 0 Å².